The van der Waals surface area contributed by atoms with Crippen molar-refractivity contribution in [3.63, 3.8) is 0 Å². The average molecular weight is 747 g/mol. The number of phosphoric ester groups is 1. The van der Waals surface area contributed by atoms with E-state index in [9.17, 15) is 24.2 Å². The van der Waals surface area contributed by atoms with Crippen molar-refractivity contribution in [2.45, 2.75) is 193 Å². The smallest absolute Gasteiger partial charge is 0.462 e. The molecule has 10 nitrogen and oxygen atoms in total. The maximum atomic E-state index is 12.6. The van der Waals surface area contributed by atoms with Crippen molar-refractivity contribution < 1.29 is 47.8 Å². The number of phosphoric acid groups is 1. The fourth-order valence-corrected chi connectivity index (χ4v) is 6.17. The second-order valence-corrected chi connectivity index (χ2v) is 15.1. The summed E-state index contributed by atoms with van der Waals surface area (Å²) in [5.74, 6) is -0.944. The van der Waals surface area contributed by atoms with Gasteiger partial charge in [0.25, 0.3) is 0 Å². The van der Waals surface area contributed by atoms with E-state index in [0.717, 1.165) is 44.9 Å². The Morgan fingerprint density at radius 1 is 0.569 bits per heavy atom. The highest BCUT2D eigenvalue weighted by molar-refractivity contribution is 7.47. The van der Waals surface area contributed by atoms with Gasteiger partial charge in [0, 0.05) is 12.8 Å². The molecule has 0 aliphatic carbocycles. The van der Waals surface area contributed by atoms with Gasteiger partial charge in [-0.2, -0.15) is 0 Å². The van der Waals surface area contributed by atoms with Crippen molar-refractivity contribution in [3.8, 4) is 0 Å². The maximum absolute atomic E-state index is 12.6. The minimum Gasteiger partial charge on any atom is -0.462 e. The van der Waals surface area contributed by atoms with E-state index in [1.54, 1.807) is 0 Å². The lowest BCUT2D eigenvalue weighted by Crippen LogP contribution is -2.29. The van der Waals surface area contributed by atoms with E-state index in [2.05, 4.69) is 42.7 Å². The molecule has 0 aliphatic heterocycles. The second kappa shape index (κ2) is 36.8. The SMILES string of the molecule is CCCC/C=C/CCCCCCCCCCCC(=O)O[C@H](COC(=O)CCCCC/C=C/CCCCCCCC)COP(=O)(O)OC[C@@H](O)CO. The fourth-order valence-electron chi connectivity index (χ4n) is 5.38. The van der Waals surface area contributed by atoms with Crippen molar-refractivity contribution in [2.24, 2.45) is 0 Å². The van der Waals surface area contributed by atoms with Crippen LogP contribution in [-0.2, 0) is 32.7 Å². The molecule has 0 saturated carbocycles. The summed E-state index contributed by atoms with van der Waals surface area (Å²) in [5, 5.41) is 18.3. The Hall–Kier alpha value is -1.55. The molecule has 0 aromatic carbocycles. The Kier molecular flexibility index (Phi) is 35.7. The lowest BCUT2D eigenvalue weighted by Gasteiger charge is -2.20. The van der Waals surface area contributed by atoms with E-state index in [0.29, 0.717) is 12.8 Å². The number of allylic oxidation sites excluding steroid dienone is 4. The van der Waals surface area contributed by atoms with Crippen molar-refractivity contribution >= 4 is 19.8 Å². The Morgan fingerprint density at radius 2 is 0.980 bits per heavy atom. The zero-order valence-electron chi connectivity index (χ0n) is 32.3. The summed E-state index contributed by atoms with van der Waals surface area (Å²) < 4.78 is 32.6. The highest BCUT2D eigenvalue weighted by Crippen LogP contribution is 2.43. The molecule has 300 valence electrons. The molecule has 0 radical (unpaired) electrons. The molecule has 51 heavy (non-hydrogen) atoms. The fraction of sp³-hybridized carbons (Fsp3) is 0.850. The quantitative estimate of drug-likeness (QED) is 0.0241. The largest absolute Gasteiger partial charge is 0.472 e. The van der Waals surface area contributed by atoms with Crippen LogP contribution in [0.5, 0.6) is 0 Å². The highest BCUT2D eigenvalue weighted by atomic mass is 31.2. The molecule has 11 heteroatoms. The van der Waals surface area contributed by atoms with E-state index in [1.807, 2.05) is 0 Å². The summed E-state index contributed by atoms with van der Waals surface area (Å²) in [6, 6.07) is 0. The Morgan fingerprint density at radius 3 is 1.49 bits per heavy atom. The summed E-state index contributed by atoms with van der Waals surface area (Å²) in [6.07, 6.45) is 34.3. The Labute approximate surface area is 310 Å². The molecule has 0 spiro atoms. The first kappa shape index (κ1) is 49.5. The van der Waals surface area contributed by atoms with Gasteiger partial charge in [-0.15, -0.1) is 0 Å². The standard InChI is InChI=1S/C40H75O10P/c1-3-5-7-9-11-13-15-17-18-20-22-24-26-28-30-32-40(44)50-38(36-49-51(45,46)48-34-37(42)33-41)35-47-39(43)31-29-27-25-23-21-19-16-14-12-10-8-6-4-2/h9,11,19,21,37-38,41-42H,3-8,10,12-18,20,22-36H2,1-2H3,(H,45,46)/b11-9+,21-19+/t37-,38+/m0/s1. The van der Waals surface area contributed by atoms with Crippen LogP contribution in [0.15, 0.2) is 24.3 Å². The van der Waals surface area contributed by atoms with E-state index in [1.165, 1.54) is 96.3 Å². The van der Waals surface area contributed by atoms with E-state index in [4.69, 9.17) is 19.1 Å². The van der Waals surface area contributed by atoms with Crippen LogP contribution in [-0.4, -0.2) is 65.7 Å². The molecule has 0 aliphatic rings. The molecule has 0 aromatic rings. The molecule has 0 heterocycles. The molecular weight excluding hydrogens is 671 g/mol. The van der Waals surface area contributed by atoms with Crippen LogP contribution in [0.2, 0.25) is 0 Å². The number of hydrogen-bond acceptors (Lipinski definition) is 9. The van der Waals surface area contributed by atoms with Crippen LogP contribution in [0.25, 0.3) is 0 Å². The summed E-state index contributed by atoms with van der Waals surface area (Å²) in [6.45, 7) is 2.32. The zero-order valence-corrected chi connectivity index (χ0v) is 33.2. The number of ether oxygens (including phenoxy) is 2. The Bertz CT molecular complexity index is 910. The van der Waals surface area contributed by atoms with Crippen LogP contribution >= 0.6 is 7.82 Å². The number of unbranched alkanes of at least 4 members (excludes halogenated alkanes) is 20. The van der Waals surface area contributed by atoms with Gasteiger partial charge < -0.3 is 24.6 Å². The first-order valence-electron chi connectivity index (χ1n) is 20.3. The molecule has 0 aromatic heterocycles. The van der Waals surface area contributed by atoms with Crippen molar-refractivity contribution in [1.29, 1.82) is 0 Å². The number of aliphatic hydroxyl groups excluding tert-OH is 2. The van der Waals surface area contributed by atoms with E-state index < -0.39 is 51.8 Å². The molecule has 1 unspecified atom stereocenters. The Balaban J connectivity index is 4.35. The van der Waals surface area contributed by atoms with Gasteiger partial charge in [0.15, 0.2) is 6.10 Å². The number of hydrogen-bond donors (Lipinski definition) is 3. The average Bonchev–Trinajstić information content (AvgIpc) is 3.12. The molecule has 0 bridgehead atoms. The van der Waals surface area contributed by atoms with Gasteiger partial charge in [-0.1, -0.05) is 134 Å². The summed E-state index contributed by atoms with van der Waals surface area (Å²) in [7, 11) is -4.61. The van der Waals surface area contributed by atoms with Crippen LogP contribution in [0.4, 0.5) is 0 Å². The highest BCUT2D eigenvalue weighted by Gasteiger charge is 2.27. The maximum Gasteiger partial charge on any atom is 0.472 e. The van der Waals surface area contributed by atoms with E-state index >= 15 is 0 Å². The number of rotatable bonds is 38. The van der Waals surface area contributed by atoms with Crippen LogP contribution in [0.1, 0.15) is 181 Å². The van der Waals surface area contributed by atoms with Gasteiger partial charge in [0.05, 0.1) is 19.8 Å². The van der Waals surface area contributed by atoms with Crippen molar-refractivity contribution in [1.82, 2.24) is 0 Å². The lowest BCUT2D eigenvalue weighted by molar-refractivity contribution is -0.161. The third-order valence-corrected chi connectivity index (χ3v) is 9.53. The minimum atomic E-state index is -4.61. The molecule has 3 atom stereocenters. The topological polar surface area (TPSA) is 149 Å². The third kappa shape index (κ3) is 36.6. The number of esters is 2. The van der Waals surface area contributed by atoms with Crippen molar-refractivity contribution in [2.75, 3.05) is 26.4 Å². The normalized spacial score (nSPS) is 14.2. The molecule has 0 rings (SSSR count). The number of carbonyl (C=O) groups excluding carboxylic acids is 2. The third-order valence-electron chi connectivity index (χ3n) is 8.58. The van der Waals surface area contributed by atoms with Gasteiger partial charge in [-0.05, 0) is 57.8 Å². The van der Waals surface area contributed by atoms with Crippen LogP contribution in [0.3, 0.4) is 0 Å². The molecule has 0 fully saturated rings. The predicted molar refractivity (Wildman–Crippen MR) is 205 cm³/mol. The van der Waals surface area contributed by atoms with Crippen molar-refractivity contribution in [3.05, 3.63) is 24.3 Å². The molecular formula is C40H75O10P. The second-order valence-electron chi connectivity index (χ2n) is 13.7. The van der Waals surface area contributed by atoms with Gasteiger partial charge in [-0.3, -0.25) is 18.6 Å². The molecule has 3 N–H and O–H groups in total. The molecule has 0 amide bonds. The van der Waals surface area contributed by atoms with E-state index in [-0.39, 0.29) is 19.4 Å². The minimum absolute atomic E-state index is 0.180. The number of aliphatic hydroxyl groups is 2. The van der Waals surface area contributed by atoms with Crippen LogP contribution in [0, 0.1) is 0 Å². The van der Waals surface area contributed by atoms with Gasteiger partial charge in [0.2, 0.25) is 0 Å². The van der Waals surface area contributed by atoms with Crippen LogP contribution < -0.4 is 0 Å². The lowest BCUT2D eigenvalue weighted by atomic mass is 10.1. The first-order valence-corrected chi connectivity index (χ1v) is 21.8. The monoisotopic (exact) mass is 747 g/mol. The first-order chi connectivity index (χ1) is 24.7. The van der Waals surface area contributed by atoms with Gasteiger partial charge in [-0.25, -0.2) is 4.57 Å². The van der Waals surface area contributed by atoms with Gasteiger partial charge in [0.1, 0.15) is 12.7 Å². The zero-order chi connectivity index (χ0) is 37.7. The summed E-state index contributed by atoms with van der Waals surface area (Å²) in [5.41, 5.74) is 0. The summed E-state index contributed by atoms with van der Waals surface area (Å²) >= 11 is 0. The predicted octanol–water partition coefficient (Wildman–Crippen LogP) is 10.2. The summed E-state index contributed by atoms with van der Waals surface area (Å²) in [4.78, 5) is 34.9. The molecule has 0 saturated heterocycles. The van der Waals surface area contributed by atoms with Gasteiger partial charge >= 0.3 is 19.8 Å². The number of carbonyl (C=O) groups is 2.